The van der Waals surface area contributed by atoms with Gasteiger partial charge in [-0.25, -0.2) is 0 Å². The van der Waals surface area contributed by atoms with Crippen molar-refractivity contribution in [2.75, 3.05) is 11.6 Å². The summed E-state index contributed by atoms with van der Waals surface area (Å²) in [7, 11) is 0. The van der Waals surface area contributed by atoms with Gasteiger partial charge in [-0.2, -0.15) is 10.1 Å². The fourth-order valence-electron chi connectivity index (χ4n) is 1.25. The van der Waals surface area contributed by atoms with Crippen molar-refractivity contribution in [1.82, 2.24) is 5.43 Å². The Morgan fingerprint density at radius 3 is 2.73 bits per heavy atom. The molecule has 1 aliphatic rings. The molecule has 0 aromatic heterocycles. The molecule has 1 aromatic carbocycles. The number of thiocarbonyl (C=S) groups is 1. The first-order valence-corrected chi connectivity index (χ1v) is 5.43. The summed E-state index contributed by atoms with van der Waals surface area (Å²) in [4.78, 5) is 5.87. The van der Waals surface area contributed by atoms with E-state index in [0.717, 1.165) is 16.1 Å². The third kappa shape index (κ3) is 2.23. The summed E-state index contributed by atoms with van der Waals surface area (Å²) in [5, 5.41) is 6.34. The molecule has 0 amide bonds. The third-order valence-corrected chi connectivity index (χ3v) is 2.66. The van der Waals surface area contributed by atoms with E-state index < -0.39 is 0 Å². The number of nitrogens with zero attached hydrogens (tertiary/aromatic N) is 3. The summed E-state index contributed by atoms with van der Waals surface area (Å²) >= 11 is 7.88. The smallest absolute Gasteiger partial charge is 0.197 e. The van der Waals surface area contributed by atoms with Gasteiger partial charge in [0.15, 0.2) is 4.74 Å². The molecular formula is C9H7BrN4S. The molecule has 2 rings (SSSR count). The number of aliphatic imine (C=N–C) groups is 1. The maximum atomic E-state index is 4.53. The molecule has 1 aromatic rings. The second-order valence-corrected chi connectivity index (χ2v) is 3.74. The molecular weight excluding hydrogens is 276 g/mol. The largest absolute Gasteiger partial charge is 0.300 e. The normalized spacial score (nSPS) is 14.2. The number of halogens is 1. The Morgan fingerprint density at radius 2 is 2.20 bits per heavy atom. The predicted molar refractivity (Wildman–Crippen MR) is 68.0 cm³/mol. The summed E-state index contributed by atoms with van der Waals surface area (Å²) in [6.45, 7) is 0.663. The lowest BCUT2D eigenvalue weighted by atomic mass is 10.3. The van der Waals surface area contributed by atoms with E-state index in [0.29, 0.717) is 6.67 Å². The van der Waals surface area contributed by atoms with Crippen LogP contribution in [0, 0.1) is 0 Å². The molecule has 0 bridgehead atoms. The average molecular weight is 283 g/mol. The fraction of sp³-hybridized carbons (Fsp3) is 0.111. The average Bonchev–Trinajstić information content (AvgIpc) is 2.66. The Morgan fingerprint density at radius 1 is 1.47 bits per heavy atom. The molecule has 0 unspecified atom stereocenters. The predicted octanol–water partition coefficient (Wildman–Crippen LogP) is 2.45. The Kier molecular flexibility index (Phi) is 3.11. The molecule has 15 heavy (non-hydrogen) atoms. The lowest BCUT2D eigenvalue weighted by Crippen LogP contribution is -2.25. The van der Waals surface area contributed by atoms with Crippen LogP contribution in [-0.2, 0) is 0 Å². The van der Waals surface area contributed by atoms with E-state index in [1.807, 2.05) is 29.2 Å². The van der Waals surface area contributed by atoms with Crippen molar-refractivity contribution >= 4 is 49.4 Å². The zero-order valence-electron chi connectivity index (χ0n) is 7.64. The Labute approximate surface area is 101 Å². The SMILES string of the molecule is S=C=Nc1ccc(N2CNN=C2Br)cc1. The van der Waals surface area contributed by atoms with Gasteiger partial charge in [-0.15, -0.1) is 0 Å². The second-order valence-electron chi connectivity index (χ2n) is 2.84. The van der Waals surface area contributed by atoms with Crippen LogP contribution >= 0.6 is 28.1 Å². The molecule has 6 heteroatoms. The fourth-order valence-corrected chi connectivity index (χ4v) is 1.82. The highest BCUT2D eigenvalue weighted by Crippen LogP contribution is 2.22. The maximum Gasteiger partial charge on any atom is 0.197 e. The monoisotopic (exact) mass is 282 g/mol. The van der Waals surface area contributed by atoms with Crippen molar-refractivity contribution in [3.05, 3.63) is 24.3 Å². The van der Waals surface area contributed by atoms with Crippen LogP contribution in [0.2, 0.25) is 0 Å². The minimum atomic E-state index is 0.663. The molecule has 0 saturated heterocycles. The Bertz CT molecular complexity index is 436. The van der Waals surface area contributed by atoms with E-state index in [2.05, 4.69) is 48.8 Å². The van der Waals surface area contributed by atoms with Crippen molar-refractivity contribution in [3.8, 4) is 0 Å². The number of hydrogen-bond donors (Lipinski definition) is 1. The number of anilines is 1. The quantitative estimate of drug-likeness (QED) is 0.515. The van der Waals surface area contributed by atoms with Crippen LogP contribution in [0.1, 0.15) is 0 Å². The van der Waals surface area contributed by atoms with Gasteiger partial charge in [0.2, 0.25) is 0 Å². The van der Waals surface area contributed by atoms with Crippen molar-refractivity contribution < 1.29 is 0 Å². The van der Waals surface area contributed by atoms with E-state index in [9.17, 15) is 0 Å². The van der Waals surface area contributed by atoms with Gasteiger partial charge in [0.05, 0.1) is 10.8 Å². The minimum Gasteiger partial charge on any atom is -0.300 e. The molecule has 4 nitrogen and oxygen atoms in total. The Hall–Kier alpha value is -1.23. The van der Waals surface area contributed by atoms with Crippen LogP contribution in [0.4, 0.5) is 11.4 Å². The molecule has 1 heterocycles. The molecule has 0 saturated carbocycles. The Balaban J connectivity index is 2.23. The molecule has 0 fully saturated rings. The second kappa shape index (κ2) is 4.53. The molecule has 0 atom stereocenters. The first kappa shape index (κ1) is 10.3. The minimum absolute atomic E-state index is 0.663. The lowest BCUT2D eigenvalue weighted by Gasteiger charge is -2.15. The van der Waals surface area contributed by atoms with Gasteiger partial charge in [-0.05, 0) is 52.4 Å². The van der Waals surface area contributed by atoms with Crippen LogP contribution in [0.15, 0.2) is 34.4 Å². The number of amidine groups is 1. The number of hydrogen-bond acceptors (Lipinski definition) is 5. The first-order chi connectivity index (χ1) is 7.31. The van der Waals surface area contributed by atoms with Gasteiger partial charge in [-0.3, -0.25) is 10.3 Å². The summed E-state index contributed by atoms with van der Waals surface area (Å²) in [6.07, 6.45) is 0. The molecule has 1 aliphatic heterocycles. The van der Waals surface area contributed by atoms with Crippen molar-refractivity contribution in [2.24, 2.45) is 10.1 Å². The van der Waals surface area contributed by atoms with E-state index in [-0.39, 0.29) is 0 Å². The van der Waals surface area contributed by atoms with Crippen LogP contribution in [0.25, 0.3) is 0 Å². The highest BCUT2D eigenvalue weighted by Gasteiger charge is 2.15. The summed E-state index contributed by atoms with van der Waals surface area (Å²) in [5.74, 6) is 0. The highest BCUT2D eigenvalue weighted by atomic mass is 79.9. The van der Waals surface area contributed by atoms with Crippen molar-refractivity contribution in [1.29, 1.82) is 0 Å². The van der Waals surface area contributed by atoms with Gasteiger partial charge in [0.25, 0.3) is 0 Å². The molecule has 1 N–H and O–H groups in total. The standard InChI is InChI=1S/C9H7BrN4S/c10-9-13-12-5-14(9)8-3-1-7(2-4-8)11-6-15/h1-4,12H,5H2. The number of nitrogens with one attached hydrogen (secondary N) is 1. The third-order valence-electron chi connectivity index (χ3n) is 1.96. The van der Waals surface area contributed by atoms with Gasteiger partial charge >= 0.3 is 0 Å². The summed E-state index contributed by atoms with van der Waals surface area (Å²) < 4.78 is 0.772. The zero-order chi connectivity index (χ0) is 10.7. The summed E-state index contributed by atoms with van der Waals surface area (Å²) in [6, 6.07) is 7.67. The maximum absolute atomic E-state index is 4.53. The van der Waals surface area contributed by atoms with Crippen molar-refractivity contribution in [2.45, 2.75) is 0 Å². The van der Waals surface area contributed by atoms with Gasteiger partial charge in [0, 0.05) is 5.69 Å². The van der Waals surface area contributed by atoms with E-state index in [1.165, 1.54) is 0 Å². The number of benzene rings is 1. The lowest BCUT2D eigenvalue weighted by molar-refractivity contribution is 0.808. The van der Waals surface area contributed by atoms with Gasteiger partial charge in [0.1, 0.15) is 6.67 Å². The van der Waals surface area contributed by atoms with E-state index in [1.54, 1.807) is 0 Å². The van der Waals surface area contributed by atoms with Gasteiger partial charge < -0.3 is 0 Å². The van der Waals surface area contributed by atoms with E-state index >= 15 is 0 Å². The number of isothiocyanates is 1. The highest BCUT2D eigenvalue weighted by molar-refractivity contribution is 9.18. The number of rotatable bonds is 2. The topological polar surface area (TPSA) is 40.0 Å². The molecule has 0 spiro atoms. The first-order valence-electron chi connectivity index (χ1n) is 4.23. The van der Waals surface area contributed by atoms with Crippen LogP contribution in [-0.4, -0.2) is 16.6 Å². The van der Waals surface area contributed by atoms with Crippen molar-refractivity contribution in [3.63, 3.8) is 0 Å². The zero-order valence-corrected chi connectivity index (χ0v) is 10.0. The van der Waals surface area contributed by atoms with Crippen LogP contribution < -0.4 is 10.3 Å². The number of hydrazone groups is 1. The molecule has 0 radical (unpaired) electrons. The summed E-state index contributed by atoms with van der Waals surface area (Å²) in [5.41, 5.74) is 4.72. The van der Waals surface area contributed by atoms with Gasteiger partial charge in [-0.1, -0.05) is 0 Å². The molecule has 76 valence electrons. The van der Waals surface area contributed by atoms with Crippen LogP contribution in [0.5, 0.6) is 0 Å². The van der Waals surface area contributed by atoms with E-state index in [4.69, 9.17) is 0 Å². The molecule has 0 aliphatic carbocycles. The van der Waals surface area contributed by atoms with Crippen LogP contribution in [0.3, 0.4) is 0 Å².